The van der Waals surface area contributed by atoms with Gasteiger partial charge in [0.1, 0.15) is 0 Å². The molecule has 3 heterocycles. The second-order valence-corrected chi connectivity index (χ2v) is 13.1. The van der Waals surface area contributed by atoms with Crippen molar-refractivity contribution in [3.8, 4) is 55.9 Å². The summed E-state index contributed by atoms with van der Waals surface area (Å²) in [6.07, 6.45) is 5.89. The summed E-state index contributed by atoms with van der Waals surface area (Å²) in [7, 11) is 0. The van der Waals surface area contributed by atoms with Gasteiger partial charge in [-0.15, -0.1) is 0 Å². The predicted octanol–water partition coefficient (Wildman–Crippen LogP) is 13.0. The topological polar surface area (TPSA) is 51.0 Å². The molecule has 250 valence electrons. The van der Waals surface area contributed by atoms with Crippen molar-refractivity contribution in [2.75, 3.05) is 0 Å². The van der Waals surface area contributed by atoms with Crippen LogP contribution >= 0.6 is 0 Å². The van der Waals surface area contributed by atoms with Gasteiger partial charge in [-0.1, -0.05) is 140 Å². The van der Waals surface area contributed by atoms with Gasteiger partial charge in [-0.25, -0.2) is 9.97 Å². The van der Waals surface area contributed by atoms with Crippen LogP contribution in [-0.2, 0) is 0 Å². The Kier molecular flexibility index (Phi) is 8.18. The van der Waals surface area contributed by atoms with Gasteiger partial charge in [0.05, 0.1) is 33.6 Å². The zero-order valence-corrected chi connectivity index (χ0v) is 29.2. The molecule has 0 bridgehead atoms. The maximum atomic E-state index is 5.14. The molecule has 0 saturated carbocycles. The molecule has 0 atom stereocenters. The highest BCUT2D eigenvalue weighted by atomic mass is 14.8. The summed E-state index contributed by atoms with van der Waals surface area (Å²) in [5.74, 6) is 0. The maximum Gasteiger partial charge on any atom is 0.0972 e. The monoisotopic (exact) mass is 678 g/mol. The molecule has 9 aromatic rings. The number of nitrogens with zero attached hydrogens (tertiary/aromatic N) is 4. The normalized spacial score (nSPS) is 11.5. The highest BCUT2D eigenvalue weighted by Crippen LogP contribution is 2.40. The van der Waals surface area contributed by atoms with E-state index in [0.717, 1.165) is 99.9 Å². The zero-order chi connectivity index (χ0) is 35.7. The van der Waals surface area contributed by atoms with Crippen molar-refractivity contribution in [2.45, 2.75) is 6.92 Å². The van der Waals surface area contributed by atoms with Crippen molar-refractivity contribution >= 4 is 51.2 Å². The van der Waals surface area contributed by atoms with Crippen LogP contribution in [0, 0.1) is 0 Å². The van der Waals surface area contributed by atoms with Crippen molar-refractivity contribution in [1.82, 2.24) is 15.0 Å². The van der Waals surface area contributed by atoms with E-state index in [1.54, 1.807) is 0 Å². The minimum atomic E-state index is 0.798. The Morgan fingerprint density at radius 1 is 0.472 bits per heavy atom. The molecule has 0 saturated heterocycles. The lowest BCUT2D eigenvalue weighted by Gasteiger charge is -2.16. The zero-order valence-electron chi connectivity index (χ0n) is 29.2. The van der Waals surface area contributed by atoms with Gasteiger partial charge in [0, 0.05) is 39.0 Å². The molecule has 0 N–H and O–H groups in total. The molecule has 0 unspecified atom stereocenters. The van der Waals surface area contributed by atoms with Crippen LogP contribution in [0.3, 0.4) is 0 Å². The third kappa shape index (κ3) is 5.86. The van der Waals surface area contributed by atoms with Crippen LogP contribution in [0.5, 0.6) is 0 Å². The predicted molar refractivity (Wildman–Crippen MR) is 223 cm³/mol. The molecular weight excluding hydrogens is 645 g/mol. The van der Waals surface area contributed by atoms with E-state index in [2.05, 4.69) is 168 Å². The summed E-state index contributed by atoms with van der Waals surface area (Å²) in [4.78, 5) is 19.3. The number of hydrogen-bond acceptors (Lipinski definition) is 4. The molecule has 9 rings (SSSR count). The molecule has 3 aromatic heterocycles. The summed E-state index contributed by atoms with van der Waals surface area (Å²) in [6, 6.07) is 55.5. The Morgan fingerprint density at radius 3 is 1.58 bits per heavy atom. The molecule has 4 heteroatoms. The first kappa shape index (κ1) is 31.9. The van der Waals surface area contributed by atoms with Crippen molar-refractivity contribution in [3.05, 3.63) is 176 Å². The number of rotatable bonds is 7. The second-order valence-electron chi connectivity index (χ2n) is 13.1. The minimum absolute atomic E-state index is 0.798. The summed E-state index contributed by atoms with van der Waals surface area (Å²) in [5, 5.41) is 3.20. The fraction of sp³-hybridized carbons (Fsp3) is 0.0204. The molecular formula is C49H34N4. The number of pyridine rings is 3. The van der Waals surface area contributed by atoms with Gasteiger partial charge >= 0.3 is 0 Å². The van der Waals surface area contributed by atoms with Crippen LogP contribution in [0.1, 0.15) is 12.5 Å². The maximum absolute atomic E-state index is 5.14. The van der Waals surface area contributed by atoms with E-state index in [1.165, 1.54) is 0 Å². The second kappa shape index (κ2) is 13.6. The van der Waals surface area contributed by atoms with Crippen molar-refractivity contribution in [2.24, 2.45) is 4.99 Å². The summed E-state index contributed by atoms with van der Waals surface area (Å²) >= 11 is 0. The molecule has 0 aliphatic carbocycles. The fourth-order valence-corrected chi connectivity index (χ4v) is 7.35. The number of fused-ring (bicyclic) bond motifs is 4. The van der Waals surface area contributed by atoms with Gasteiger partial charge in [-0.05, 0) is 77.4 Å². The molecule has 53 heavy (non-hydrogen) atoms. The van der Waals surface area contributed by atoms with Crippen LogP contribution in [0.4, 0.5) is 5.69 Å². The average Bonchev–Trinajstić information content (AvgIpc) is 3.23. The largest absolute Gasteiger partial charge is 0.262 e. The van der Waals surface area contributed by atoms with Gasteiger partial charge in [0.15, 0.2) is 0 Å². The molecule has 0 aliphatic rings. The van der Waals surface area contributed by atoms with E-state index < -0.39 is 0 Å². The third-order valence-corrected chi connectivity index (χ3v) is 9.89. The van der Waals surface area contributed by atoms with Crippen molar-refractivity contribution < 1.29 is 0 Å². The van der Waals surface area contributed by atoms with Crippen molar-refractivity contribution in [1.29, 1.82) is 0 Å². The van der Waals surface area contributed by atoms with E-state index in [1.807, 2.05) is 31.3 Å². The number of aromatic nitrogens is 3. The van der Waals surface area contributed by atoms with Gasteiger partial charge in [-0.3, -0.25) is 9.98 Å². The molecule has 6 aromatic carbocycles. The number of hydrogen-bond donors (Lipinski definition) is 0. The summed E-state index contributed by atoms with van der Waals surface area (Å²) < 4.78 is 0. The van der Waals surface area contributed by atoms with E-state index >= 15 is 0 Å². The summed E-state index contributed by atoms with van der Waals surface area (Å²) in [5.41, 5.74) is 15.3. The van der Waals surface area contributed by atoms with Gasteiger partial charge in [0.25, 0.3) is 0 Å². The van der Waals surface area contributed by atoms with Crippen molar-refractivity contribution in [3.63, 3.8) is 0 Å². The first-order valence-corrected chi connectivity index (χ1v) is 17.8. The Bertz CT molecular complexity index is 2890. The van der Waals surface area contributed by atoms with E-state index in [0.29, 0.717) is 0 Å². The summed E-state index contributed by atoms with van der Waals surface area (Å²) in [6.45, 7) is 5.86. The lowest BCUT2D eigenvalue weighted by atomic mass is 9.88. The molecule has 0 spiro atoms. The minimum Gasteiger partial charge on any atom is -0.262 e. The van der Waals surface area contributed by atoms with Crippen LogP contribution in [0.25, 0.3) is 94.7 Å². The van der Waals surface area contributed by atoms with E-state index in [9.17, 15) is 0 Å². The Hall–Kier alpha value is -7.04. The fourth-order valence-electron chi connectivity index (χ4n) is 7.35. The van der Waals surface area contributed by atoms with E-state index in [4.69, 9.17) is 9.97 Å². The van der Waals surface area contributed by atoms with Crippen LogP contribution in [-0.4, -0.2) is 21.7 Å². The SMILES string of the molecule is C=Nc1c(/C=C\C)ccc2ccc(-c3cccc(-c4ccccc4-c4ccccc4-c4cccc(-c5ccc6ccc7cccnc7c6n5)c4)c3)nc12. The number of benzene rings is 6. The van der Waals surface area contributed by atoms with Crippen LogP contribution < -0.4 is 0 Å². The first-order valence-electron chi connectivity index (χ1n) is 17.8. The standard InChI is InChI=1S/C49H34N4/c1-3-11-32-21-23-34-25-27-44(52-48(34)46(32)50-2)38-14-8-12-36(30-38)40-17-4-6-19-42(40)43-20-7-5-18-41(43)37-13-9-15-39(31-37)45-28-26-35-24-22-33-16-10-29-51-47(33)49(35)53-45/h3-31H,2H2,1H3/b11-3-. The quantitative estimate of drug-likeness (QED) is 0.125. The highest BCUT2D eigenvalue weighted by Gasteiger charge is 2.15. The molecule has 0 radical (unpaired) electrons. The lowest BCUT2D eigenvalue weighted by Crippen LogP contribution is -1.92. The molecule has 0 fully saturated rings. The first-order chi connectivity index (χ1) is 26.2. The molecule has 0 aliphatic heterocycles. The smallest absolute Gasteiger partial charge is 0.0972 e. The number of aliphatic imine (C=N–C) groups is 1. The van der Waals surface area contributed by atoms with Gasteiger partial charge in [-0.2, -0.15) is 0 Å². The van der Waals surface area contributed by atoms with Crippen LogP contribution in [0.15, 0.2) is 175 Å². The molecule has 4 nitrogen and oxygen atoms in total. The van der Waals surface area contributed by atoms with Gasteiger partial charge < -0.3 is 0 Å². The van der Waals surface area contributed by atoms with Gasteiger partial charge in [0.2, 0.25) is 0 Å². The lowest BCUT2D eigenvalue weighted by molar-refractivity contribution is 1.37. The Morgan fingerprint density at radius 2 is 0.981 bits per heavy atom. The Labute approximate surface area is 308 Å². The number of allylic oxidation sites excluding steroid dienone is 1. The van der Waals surface area contributed by atoms with Crippen LogP contribution in [0.2, 0.25) is 0 Å². The van der Waals surface area contributed by atoms with E-state index in [-0.39, 0.29) is 0 Å². The Balaban J connectivity index is 1.12. The third-order valence-electron chi connectivity index (χ3n) is 9.89. The molecule has 0 amide bonds. The highest BCUT2D eigenvalue weighted by molar-refractivity contribution is 6.03. The average molecular weight is 679 g/mol.